The van der Waals surface area contributed by atoms with E-state index >= 15 is 0 Å². The Bertz CT molecular complexity index is 626. The first-order valence-corrected chi connectivity index (χ1v) is 7.40. The maximum Gasteiger partial charge on any atom is 0.335 e. The summed E-state index contributed by atoms with van der Waals surface area (Å²) in [7, 11) is 0. The fourth-order valence-electron chi connectivity index (χ4n) is 1.73. The van der Waals surface area contributed by atoms with Crippen molar-refractivity contribution in [2.24, 2.45) is 0 Å². The molecule has 0 saturated carbocycles. The molecule has 5 heteroatoms. The molecule has 3 nitrogen and oxygen atoms in total. The molecule has 0 aliphatic heterocycles. The van der Waals surface area contributed by atoms with Gasteiger partial charge in [0.25, 0.3) is 0 Å². The van der Waals surface area contributed by atoms with E-state index in [0.717, 1.165) is 10.5 Å². The van der Waals surface area contributed by atoms with Crippen LogP contribution in [0.2, 0.25) is 0 Å². The molecule has 0 amide bonds. The second kappa shape index (κ2) is 7.13. The lowest BCUT2D eigenvalue weighted by molar-refractivity contribution is 0.0696. The third kappa shape index (κ3) is 4.49. The molecule has 1 N–H and O–H groups in total. The summed E-state index contributed by atoms with van der Waals surface area (Å²) in [5.41, 5.74) is 1.11. The van der Waals surface area contributed by atoms with Crippen LogP contribution < -0.4 is 4.74 Å². The summed E-state index contributed by atoms with van der Waals surface area (Å²) in [5.74, 6) is 0.0504. The fourth-order valence-corrected chi connectivity index (χ4v) is 2.46. The minimum absolute atomic E-state index is 0.210. The number of benzene rings is 2. The summed E-state index contributed by atoms with van der Waals surface area (Å²) in [6.45, 7) is 2.32. The van der Waals surface area contributed by atoms with E-state index < -0.39 is 5.97 Å². The number of thioether (sulfide) groups is 1. The van der Waals surface area contributed by atoms with Gasteiger partial charge in [0.2, 0.25) is 0 Å². The number of carboxylic acids is 1. The van der Waals surface area contributed by atoms with Gasteiger partial charge in [-0.15, -0.1) is 11.8 Å². The van der Waals surface area contributed by atoms with Gasteiger partial charge in [-0.3, -0.25) is 0 Å². The number of ether oxygens (including phenoxy) is 1. The predicted molar refractivity (Wildman–Crippen MR) is 80.8 cm³/mol. The first-order chi connectivity index (χ1) is 10.1. The Kier molecular flexibility index (Phi) is 5.22. The molecule has 0 aliphatic rings. The topological polar surface area (TPSA) is 46.5 Å². The Hall–Kier alpha value is -2.01. The van der Waals surface area contributed by atoms with Crippen LogP contribution >= 0.6 is 11.8 Å². The number of aryl methyl sites for hydroxylation is 1. The van der Waals surface area contributed by atoms with Gasteiger partial charge in [-0.2, -0.15) is 0 Å². The van der Waals surface area contributed by atoms with E-state index in [-0.39, 0.29) is 11.4 Å². The van der Waals surface area contributed by atoms with E-state index in [0.29, 0.717) is 18.1 Å². The zero-order valence-electron chi connectivity index (χ0n) is 11.5. The molecular formula is C16H15FO3S. The van der Waals surface area contributed by atoms with Gasteiger partial charge in [0, 0.05) is 10.6 Å². The lowest BCUT2D eigenvalue weighted by atomic mass is 10.1. The van der Waals surface area contributed by atoms with Gasteiger partial charge >= 0.3 is 5.97 Å². The molecule has 0 fully saturated rings. The van der Waals surface area contributed by atoms with Gasteiger partial charge in [0.1, 0.15) is 11.6 Å². The second-order valence-electron chi connectivity index (χ2n) is 4.44. The zero-order chi connectivity index (χ0) is 15.2. The summed E-state index contributed by atoms with van der Waals surface area (Å²) in [6, 6.07) is 11.1. The summed E-state index contributed by atoms with van der Waals surface area (Å²) in [5, 5.41) is 8.95. The highest BCUT2D eigenvalue weighted by Crippen LogP contribution is 2.21. The van der Waals surface area contributed by atoms with E-state index in [1.54, 1.807) is 36.0 Å². The standard InChI is InChI=1S/C16H15FO3S/c1-11-2-3-12(16(18)19)10-15(11)20-8-9-21-14-6-4-13(17)5-7-14/h2-7,10H,8-9H2,1H3,(H,18,19). The molecule has 0 atom stereocenters. The molecule has 0 bridgehead atoms. The Labute approximate surface area is 126 Å². The van der Waals surface area contributed by atoms with Crippen LogP contribution in [0.1, 0.15) is 15.9 Å². The minimum Gasteiger partial charge on any atom is -0.492 e. The van der Waals surface area contributed by atoms with E-state index in [1.807, 2.05) is 6.92 Å². The highest BCUT2D eigenvalue weighted by atomic mass is 32.2. The molecule has 0 unspecified atom stereocenters. The first kappa shape index (κ1) is 15.4. The summed E-state index contributed by atoms with van der Waals surface area (Å²) >= 11 is 1.56. The minimum atomic E-state index is -0.972. The molecule has 0 radical (unpaired) electrons. The Morgan fingerprint density at radius 1 is 1.24 bits per heavy atom. The van der Waals surface area contributed by atoms with Gasteiger partial charge in [0.15, 0.2) is 0 Å². The first-order valence-electron chi connectivity index (χ1n) is 6.41. The zero-order valence-corrected chi connectivity index (χ0v) is 12.3. The van der Waals surface area contributed by atoms with Crippen LogP contribution in [0.5, 0.6) is 5.75 Å². The summed E-state index contributed by atoms with van der Waals surface area (Å²) < 4.78 is 18.4. The average molecular weight is 306 g/mol. The second-order valence-corrected chi connectivity index (χ2v) is 5.60. The van der Waals surface area contributed by atoms with Crippen molar-refractivity contribution in [2.75, 3.05) is 12.4 Å². The van der Waals surface area contributed by atoms with Crippen molar-refractivity contribution in [3.8, 4) is 5.75 Å². The van der Waals surface area contributed by atoms with Gasteiger partial charge in [0.05, 0.1) is 12.2 Å². The van der Waals surface area contributed by atoms with E-state index in [1.165, 1.54) is 18.2 Å². The molecule has 0 heterocycles. The Morgan fingerprint density at radius 3 is 2.62 bits per heavy atom. The predicted octanol–water partition coefficient (Wildman–Crippen LogP) is 4.00. The highest BCUT2D eigenvalue weighted by molar-refractivity contribution is 7.99. The van der Waals surface area contributed by atoms with Crippen LogP contribution in [0.25, 0.3) is 0 Å². The third-order valence-corrected chi connectivity index (χ3v) is 3.83. The molecule has 0 aliphatic carbocycles. The van der Waals surface area contributed by atoms with Crippen LogP contribution in [0.4, 0.5) is 4.39 Å². The van der Waals surface area contributed by atoms with Gasteiger partial charge in [-0.25, -0.2) is 9.18 Å². The van der Waals surface area contributed by atoms with Crippen LogP contribution in [-0.4, -0.2) is 23.4 Å². The van der Waals surface area contributed by atoms with Crippen LogP contribution in [0.3, 0.4) is 0 Å². The van der Waals surface area contributed by atoms with Gasteiger partial charge in [-0.1, -0.05) is 6.07 Å². The summed E-state index contributed by atoms with van der Waals surface area (Å²) in [4.78, 5) is 11.9. The highest BCUT2D eigenvalue weighted by Gasteiger charge is 2.07. The quantitative estimate of drug-likeness (QED) is 0.647. The number of halogens is 1. The molecule has 21 heavy (non-hydrogen) atoms. The normalized spacial score (nSPS) is 10.4. The molecule has 2 aromatic carbocycles. The van der Waals surface area contributed by atoms with E-state index in [2.05, 4.69) is 0 Å². The third-order valence-electron chi connectivity index (χ3n) is 2.86. The van der Waals surface area contributed by atoms with Crippen molar-refractivity contribution in [1.82, 2.24) is 0 Å². The molecule has 0 spiro atoms. The van der Waals surface area contributed by atoms with Crippen molar-refractivity contribution in [2.45, 2.75) is 11.8 Å². The number of aromatic carboxylic acids is 1. The average Bonchev–Trinajstić information content (AvgIpc) is 2.47. The molecular weight excluding hydrogens is 291 g/mol. The van der Waals surface area contributed by atoms with Crippen LogP contribution in [-0.2, 0) is 0 Å². The number of hydrogen-bond acceptors (Lipinski definition) is 3. The SMILES string of the molecule is Cc1ccc(C(=O)O)cc1OCCSc1ccc(F)cc1. The van der Waals surface area contributed by atoms with Crippen LogP contribution in [0, 0.1) is 12.7 Å². The van der Waals surface area contributed by atoms with Gasteiger partial charge in [-0.05, 0) is 48.9 Å². The number of carboxylic acid groups (broad SMARTS) is 1. The molecule has 0 saturated heterocycles. The maximum atomic E-state index is 12.8. The molecule has 2 aromatic rings. The van der Waals surface area contributed by atoms with E-state index in [9.17, 15) is 9.18 Å². The van der Waals surface area contributed by atoms with Crippen molar-refractivity contribution in [3.05, 3.63) is 59.4 Å². The van der Waals surface area contributed by atoms with Gasteiger partial charge < -0.3 is 9.84 Å². The van der Waals surface area contributed by atoms with Crippen molar-refractivity contribution in [1.29, 1.82) is 0 Å². The monoisotopic (exact) mass is 306 g/mol. The molecule has 2 rings (SSSR count). The molecule has 110 valence electrons. The lowest BCUT2D eigenvalue weighted by Crippen LogP contribution is -2.03. The summed E-state index contributed by atoms with van der Waals surface area (Å²) in [6.07, 6.45) is 0. The van der Waals surface area contributed by atoms with Crippen molar-refractivity contribution >= 4 is 17.7 Å². The lowest BCUT2D eigenvalue weighted by Gasteiger charge is -2.09. The largest absolute Gasteiger partial charge is 0.492 e. The molecule has 0 aromatic heterocycles. The van der Waals surface area contributed by atoms with Crippen molar-refractivity contribution in [3.63, 3.8) is 0 Å². The number of rotatable bonds is 6. The van der Waals surface area contributed by atoms with E-state index in [4.69, 9.17) is 9.84 Å². The smallest absolute Gasteiger partial charge is 0.335 e. The number of carbonyl (C=O) groups is 1. The Morgan fingerprint density at radius 2 is 1.95 bits per heavy atom. The fraction of sp³-hybridized carbons (Fsp3) is 0.188. The van der Waals surface area contributed by atoms with Crippen molar-refractivity contribution < 1.29 is 19.0 Å². The number of hydrogen-bond donors (Lipinski definition) is 1. The Balaban J connectivity index is 1.87. The van der Waals surface area contributed by atoms with Crippen LogP contribution in [0.15, 0.2) is 47.4 Å². The maximum absolute atomic E-state index is 12.8.